The molecule has 1 aliphatic rings. The summed E-state index contributed by atoms with van der Waals surface area (Å²) in [6.07, 6.45) is 2.71. The number of likely N-dealkylation sites (N-methyl/N-ethyl adjacent to an activating group) is 1. The first-order chi connectivity index (χ1) is 8.72. The molecular weight excluding hydrogens is 292 g/mol. The van der Waals surface area contributed by atoms with Gasteiger partial charge in [0.25, 0.3) is 0 Å². The lowest BCUT2D eigenvalue weighted by molar-refractivity contribution is 0.0688. The third kappa shape index (κ3) is 3.32. The van der Waals surface area contributed by atoms with E-state index in [2.05, 4.69) is 46.1 Å². The van der Waals surface area contributed by atoms with E-state index in [-0.39, 0.29) is 6.04 Å². The molecule has 2 unspecified atom stereocenters. The van der Waals surface area contributed by atoms with Gasteiger partial charge >= 0.3 is 0 Å². The van der Waals surface area contributed by atoms with Crippen LogP contribution in [0.2, 0.25) is 0 Å². The summed E-state index contributed by atoms with van der Waals surface area (Å²) in [6.45, 7) is 2.47. The fourth-order valence-electron chi connectivity index (χ4n) is 2.53. The highest BCUT2D eigenvalue weighted by atomic mass is 79.9. The van der Waals surface area contributed by atoms with Crippen LogP contribution in [-0.4, -0.2) is 37.7 Å². The van der Waals surface area contributed by atoms with Crippen molar-refractivity contribution in [2.24, 2.45) is 5.73 Å². The van der Waals surface area contributed by atoms with Crippen LogP contribution in [0.5, 0.6) is 0 Å². The van der Waals surface area contributed by atoms with Crippen LogP contribution in [0.1, 0.15) is 24.4 Å². The summed E-state index contributed by atoms with van der Waals surface area (Å²) >= 11 is 3.61. The van der Waals surface area contributed by atoms with Crippen molar-refractivity contribution < 1.29 is 4.74 Å². The molecule has 0 aromatic heterocycles. The Bertz CT molecular complexity index is 380. The van der Waals surface area contributed by atoms with Gasteiger partial charge in [0.05, 0.1) is 6.10 Å². The molecule has 2 atom stereocenters. The third-order valence-corrected chi connectivity index (χ3v) is 4.26. The van der Waals surface area contributed by atoms with Crippen molar-refractivity contribution >= 4 is 15.9 Å². The maximum atomic E-state index is 5.95. The zero-order valence-electron chi connectivity index (χ0n) is 10.8. The molecule has 100 valence electrons. The molecule has 1 saturated heterocycles. The maximum Gasteiger partial charge on any atom is 0.0702 e. The second-order valence-corrected chi connectivity index (χ2v) is 5.70. The summed E-state index contributed by atoms with van der Waals surface area (Å²) in [5.74, 6) is 0. The van der Waals surface area contributed by atoms with Gasteiger partial charge < -0.3 is 10.5 Å². The largest absolute Gasteiger partial charge is 0.377 e. The Morgan fingerprint density at radius 3 is 2.89 bits per heavy atom. The van der Waals surface area contributed by atoms with Crippen molar-refractivity contribution in [3.63, 3.8) is 0 Å². The summed E-state index contributed by atoms with van der Waals surface area (Å²) in [6, 6.07) is 8.53. The first-order valence-electron chi connectivity index (χ1n) is 6.48. The average molecular weight is 313 g/mol. The van der Waals surface area contributed by atoms with Crippen molar-refractivity contribution in [3.05, 3.63) is 34.3 Å². The summed E-state index contributed by atoms with van der Waals surface area (Å²) in [5.41, 5.74) is 7.20. The van der Waals surface area contributed by atoms with E-state index in [1.165, 1.54) is 12.0 Å². The monoisotopic (exact) mass is 312 g/mol. The molecular formula is C14H21BrN2O. The Kier molecular flexibility index (Phi) is 5.18. The van der Waals surface area contributed by atoms with E-state index in [1.54, 1.807) is 0 Å². The standard InChI is InChI=1S/C14H21BrN2O/c1-17(10-11-5-4-8-18-11)14(9-16)12-6-2-3-7-13(12)15/h2-3,6-7,11,14H,4-5,8-10,16H2,1H3. The van der Waals surface area contributed by atoms with Gasteiger partial charge in [-0.2, -0.15) is 0 Å². The Balaban J connectivity index is 2.05. The van der Waals surface area contributed by atoms with Gasteiger partial charge in [-0.1, -0.05) is 34.1 Å². The van der Waals surface area contributed by atoms with Gasteiger partial charge in [-0.25, -0.2) is 0 Å². The molecule has 1 aromatic rings. The second-order valence-electron chi connectivity index (χ2n) is 4.85. The highest BCUT2D eigenvalue weighted by molar-refractivity contribution is 9.10. The van der Waals surface area contributed by atoms with Gasteiger partial charge in [0.2, 0.25) is 0 Å². The van der Waals surface area contributed by atoms with Crippen LogP contribution in [0.3, 0.4) is 0 Å². The molecule has 0 radical (unpaired) electrons. The Morgan fingerprint density at radius 1 is 1.50 bits per heavy atom. The highest BCUT2D eigenvalue weighted by Gasteiger charge is 2.23. The van der Waals surface area contributed by atoms with Crippen molar-refractivity contribution in [1.29, 1.82) is 0 Å². The Labute approximate surface area is 117 Å². The predicted octanol–water partition coefficient (Wildman–Crippen LogP) is 2.56. The van der Waals surface area contributed by atoms with Crippen LogP contribution in [0.15, 0.2) is 28.7 Å². The predicted molar refractivity (Wildman–Crippen MR) is 77.5 cm³/mol. The smallest absolute Gasteiger partial charge is 0.0702 e. The van der Waals surface area contributed by atoms with Gasteiger partial charge in [-0.05, 0) is 31.5 Å². The number of benzene rings is 1. The van der Waals surface area contributed by atoms with Crippen molar-refractivity contribution in [1.82, 2.24) is 4.90 Å². The van der Waals surface area contributed by atoms with Gasteiger partial charge in [0.1, 0.15) is 0 Å². The van der Waals surface area contributed by atoms with Crippen LogP contribution in [0.25, 0.3) is 0 Å². The molecule has 1 heterocycles. The van der Waals surface area contributed by atoms with Crippen LogP contribution in [0.4, 0.5) is 0 Å². The van der Waals surface area contributed by atoms with Crippen molar-refractivity contribution in [2.45, 2.75) is 25.0 Å². The molecule has 1 aliphatic heterocycles. The number of halogens is 1. The summed E-state index contributed by atoms with van der Waals surface area (Å²) in [7, 11) is 2.12. The number of ether oxygens (including phenoxy) is 1. The zero-order chi connectivity index (χ0) is 13.0. The first-order valence-corrected chi connectivity index (χ1v) is 7.28. The molecule has 0 saturated carbocycles. The van der Waals surface area contributed by atoms with E-state index in [9.17, 15) is 0 Å². The summed E-state index contributed by atoms with van der Waals surface area (Å²) < 4.78 is 6.81. The van der Waals surface area contributed by atoms with Crippen LogP contribution >= 0.6 is 15.9 Å². The van der Waals surface area contributed by atoms with Crippen LogP contribution < -0.4 is 5.73 Å². The first kappa shape index (κ1) is 14.0. The normalized spacial score (nSPS) is 21.4. The summed E-state index contributed by atoms with van der Waals surface area (Å²) in [5, 5.41) is 0. The molecule has 2 N–H and O–H groups in total. The van der Waals surface area contributed by atoms with E-state index in [0.29, 0.717) is 12.6 Å². The molecule has 4 heteroatoms. The lowest BCUT2D eigenvalue weighted by atomic mass is 10.1. The lowest BCUT2D eigenvalue weighted by Crippen LogP contribution is -2.36. The third-order valence-electron chi connectivity index (χ3n) is 3.54. The molecule has 0 spiro atoms. The lowest BCUT2D eigenvalue weighted by Gasteiger charge is -2.30. The van der Waals surface area contributed by atoms with E-state index < -0.39 is 0 Å². The maximum absolute atomic E-state index is 5.95. The number of nitrogens with two attached hydrogens (primary N) is 1. The quantitative estimate of drug-likeness (QED) is 0.908. The topological polar surface area (TPSA) is 38.5 Å². The molecule has 0 aliphatic carbocycles. The molecule has 3 nitrogen and oxygen atoms in total. The SMILES string of the molecule is CN(CC1CCCO1)C(CN)c1ccccc1Br. The van der Waals surface area contributed by atoms with Crippen molar-refractivity contribution in [2.75, 3.05) is 26.7 Å². The number of rotatable bonds is 5. The Hall–Kier alpha value is -0.420. The molecule has 1 fully saturated rings. The van der Waals surface area contributed by atoms with E-state index in [0.717, 1.165) is 24.0 Å². The average Bonchev–Trinajstić information content (AvgIpc) is 2.85. The second kappa shape index (κ2) is 6.66. The van der Waals surface area contributed by atoms with Gasteiger partial charge in [0, 0.05) is 30.2 Å². The summed E-state index contributed by atoms with van der Waals surface area (Å²) in [4.78, 5) is 2.30. The fourth-order valence-corrected chi connectivity index (χ4v) is 3.08. The van der Waals surface area contributed by atoms with E-state index in [1.807, 2.05) is 6.07 Å². The minimum absolute atomic E-state index is 0.241. The fraction of sp³-hybridized carbons (Fsp3) is 0.571. The van der Waals surface area contributed by atoms with E-state index >= 15 is 0 Å². The van der Waals surface area contributed by atoms with Crippen molar-refractivity contribution in [3.8, 4) is 0 Å². The molecule has 0 amide bonds. The molecule has 0 bridgehead atoms. The van der Waals surface area contributed by atoms with Gasteiger partial charge in [-0.3, -0.25) is 4.90 Å². The number of nitrogens with zero attached hydrogens (tertiary/aromatic N) is 1. The highest BCUT2D eigenvalue weighted by Crippen LogP contribution is 2.27. The van der Waals surface area contributed by atoms with Crippen LogP contribution in [-0.2, 0) is 4.74 Å². The molecule has 1 aromatic carbocycles. The zero-order valence-corrected chi connectivity index (χ0v) is 12.4. The Morgan fingerprint density at radius 2 is 2.28 bits per heavy atom. The number of hydrogen-bond acceptors (Lipinski definition) is 3. The number of hydrogen-bond donors (Lipinski definition) is 1. The van der Waals surface area contributed by atoms with E-state index in [4.69, 9.17) is 10.5 Å². The molecule has 2 rings (SSSR count). The molecule has 18 heavy (non-hydrogen) atoms. The van der Waals surface area contributed by atoms with Gasteiger partial charge in [0.15, 0.2) is 0 Å². The minimum Gasteiger partial charge on any atom is -0.377 e. The van der Waals surface area contributed by atoms with Crippen LogP contribution in [0, 0.1) is 0 Å². The van der Waals surface area contributed by atoms with Gasteiger partial charge in [-0.15, -0.1) is 0 Å². The minimum atomic E-state index is 0.241.